The van der Waals surface area contributed by atoms with Crippen molar-refractivity contribution in [3.63, 3.8) is 0 Å². The summed E-state index contributed by atoms with van der Waals surface area (Å²) in [5.41, 5.74) is 8.85. The van der Waals surface area contributed by atoms with Crippen molar-refractivity contribution in [1.82, 2.24) is 24.1 Å². The molecule has 0 saturated carbocycles. The van der Waals surface area contributed by atoms with E-state index >= 15 is 0 Å². The number of furan rings is 1. The van der Waals surface area contributed by atoms with Crippen molar-refractivity contribution in [3.05, 3.63) is 164 Å². The van der Waals surface area contributed by atoms with Crippen molar-refractivity contribution in [1.29, 1.82) is 0 Å². The van der Waals surface area contributed by atoms with Gasteiger partial charge in [-0.2, -0.15) is 9.97 Å². The van der Waals surface area contributed by atoms with Gasteiger partial charge in [0.25, 0.3) is 0 Å². The second-order valence-electron chi connectivity index (χ2n) is 12.8. The average Bonchev–Trinajstić information content (AvgIpc) is 3.86. The van der Waals surface area contributed by atoms with Gasteiger partial charge in [-0.3, -0.25) is 4.57 Å². The summed E-state index contributed by atoms with van der Waals surface area (Å²) in [6.07, 6.45) is 0. The Kier molecular flexibility index (Phi) is 5.86. The van der Waals surface area contributed by atoms with Crippen molar-refractivity contribution in [3.8, 4) is 34.4 Å². The molecule has 0 aliphatic heterocycles. The van der Waals surface area contributed by atoms with Crippen molar-refractivity contribution < 1.29 is 4.42 Å². The van der Waals surface area contributed by atoms with Gasteiger partial charge in [0.05, 0.1) is 22.1 Å². The molecule has 0 spiro atoms. The van der Waals surface area contributed by atoms with Crippen LogP contribution in [-0.4, -0.2) is 24.1 Å². The van der Waals surface area contributed by atoms with Gasteiger partial charge in [-0.1, -0.05) is 127 Å². The molecule has 0 N–H and O–H groups in total. The topological polar surface area (TPSA) is 61.7 Å². The highest BCUT2D eigenvalue weighted by atomic mass is 16.3. The summed E-state index contributed by atoms with van der Waals surface area (Å²) in [6, 6.07) is 56.5. The summed E-state index contributed by atoms with van der Waals surface area (Å²) in [5, 5.41) is 6.68. The molecule has 6 nitrogen and oxygen atoms in total. The molecule has 4 aromatic heterocycles. The molecule has 0 bridgehead atoms. The molecule has 11 aromatic rings. The monoisotopic (exact) mass is 653 g/mol. The van der Waals surface area contributed by atoms with Crippen LogP contribution in [0.4, 0.5) is 0 Å². The Balaban J connectivity index is 1.38. The van der Waals surface area contributed by atoms with Gasteiger partial charge < -0.3 is 8.98 Å². The second-order valence-corrected chi connectivity index (χ2v) is 12.8. The Bertz CT molecular complexity index is 3060. The summed E-state index contributed by atoms with van der Waals surface area (Å²) in [4.78, 5) is 15.6. The molecular weight excluding hydrogens is 627 g/mol. The van der Waals surface area contributed by atoms with Crippen LogP contribution in [0.3, 0.4) is 0 Å². The Morgan fingerprint density at radius 1 is 0.373 bits per heavy atom. The standard InChI is InChI=1S/C45H27N5O/c1-4-14-28(15-5-1)43-46-44(29-16-6-2-7-17-29)48-45(47-43)50-36-26-27-38-40(33-21-11-13-23-37(33)51-38)39(36)34-25-24-32-31-20-10-12-22-35(31)49(41(32)42(34)50)30-18-8-3-9-19-30/h1-27H. The molecule has 0 atom stereocenters. The van der Waals surface area contributed by atoms with Crippen LogP contribution >= 0.6 is 0 Å². The van der Waals surface area contributed by atoms with Crippen molar-refractivity contribution in [2.45, 2.75) is 0 Å². The first-order valence-corrected chi connectivity index (χ1v) is 17.0. The molecular formula is C45H27N5O. The van der Waals surface area contributed by atoms with E-state index in [1.807, 2.05) is 72.8 Å². The molecule has 0 fully saturated rings. The van der Waals surface area contributed by atoms with Gasteiger partial charge in [-0.25, -0.2) is 4.98 Å². The summed E-state index contributed by atoms with van der Waals surface area (Å²) in [5.74, 6) is 1.77. The quantitative estimate of drug-likeness (QED) is 0.190. The fourth-order valence-electron chi connectivity index (χ4n) is 7.80. The number of rotatable bonds is 4. The van der Waals surface area contributed by atoms with Crippen LogP contribution in [0.5, 0.6) is 0 Å². The average molecular weight is 654 g/mol. The first-order chi connectivity index (χ1) is 25.3. The third kappa shape index (κ3) is 4.07. The number of hydrogen-bond acceptors (Lipinski definition) is 4. The Morgan fingerprint density at radius 2 is 0.961 bits per heavy atom. The Morgan fingerprint density at radius 3 is 1.69 bits per heavy atom. The number of fused-ring (bicyclic) bond motifs is 11. The van der Waals surface area contributed by atoms with E-state index in [-0.39, 0.29) is 0 Å². The fraction of sp³-hybridized carbons (Fsp3) is 0. The van der Waals surface area contributed by atoms with E-state index in [0.717, 1.165) is 77.0 Å². The maximum Gasteiger partial charge on any atom is 0.238 e. The van der Waals surface area contributed by atoms with Gasteiger partial charge in [-0.15, -0.1) is 0 Å². The number of benzene rings is 7. The molecule has 0 unspecified atom stereocenters. The highest BCUT2D eigenvalue weighted by molar-refractivity contribution is 6.31. The van der Waals surface area contributed by atoms with Crippen LogP contribution in [0.25, 0.3) is 100.0 Å². The van der Waals surface area contributed by atoms with Crippen LogP contribution in [0.15, 0.2) is 168 Å². The largest absolute Gasteiger partial charge is 0.456 e. The summed E-state index contributed by atoms with van der Waals surface area (Å²) >= 11 is 0. The fourth-order valence-corrected chi connectivity index (χ4v) is 7.80. The van der Waals surface area contributed by atoms with E-state index in [4.69, 9.17) is 19.4 Å². The zero-order valence-corrected chi connectivity index (χ0v) is 27.2. The smallest absolute Gasteiger partial charge is 0.238 e. The maximum atomic E-state index is 6.45. The summed E-state index contributed by atoms with van der Waals surface area (Å²) in [6.45, 7) is 0. The van der Waals surface area contributed by atoms with Crippen LogP contribution < -0.4 is 0 Å². The van der Waals surface area contributed by atoms with E-state index in [1.54, 1.807) is 0 Å². The number of nitrogens with zero attached hydrogens (tertiary/aromatic N) is 5. The van der Waals surface area contributed by atoms with Crippen LogP contribution in [0.1, 0.15) is 0 Å². The number of hydrogen-bond donors (Lipinski definition) is 0. The zero-order valence-electron chi connectivity index (χ0n) is 27.2. The minimum absolute atomic E-state index is 0.548. The highest BCUT2D eigenvalue weighted by Gasteiger charge is 2.25. The first-order valence-electron chi connectivity index (χ1n) is 17.0. The van der Waals surface area contributed by atoms with Gasteiger partial charge >= 0.3 is 0 Å². The van der Waals surface area contributed by atoms with E-state index in [9.17, 15) is 0 Å². The van der Waals surface area contributed by atoms with E-state index < -0.39 is 0 Å². The first kappa shape index (κ1) is 27.9. The van der Waals surface area contributed by atoms with E-state index in [1.165, 1.54) is 5.39 Å². The molecule has 0 radical (unpaired) electrons. The Labute approximate surface area is 291 Å². The molecule has 0 aliphatic rings. The number of aromatic nitrogens is 5. The predicted molar refractivity (Wildman–Crippen MR) is 207 cm³/mol. The normalized spacial score (nSPS) is 11.9. The molecule has 0 saturated heterocycles. The molecule has 51 heavy (non-hydrogen) atoms. The molecule has 4 heterocycles. The molecule has 11 rings (SSSR count). The summed E-state index contributed by atoms with van der Waals surface area (Å²) < 4.78 is 11.1. The third-order valence-electron chi connectivity index (χ3n) is 9.97. The van der Waals surface area contributed by atoms with E-state index in [0.29, 0.717) is 17.6 Å². The van der Waals surface area contributed by atoms with Gasteiger partial charge in [0, 0.05) is 49.1 Å². The number of para-hydroxylation sites is 3. The minimum atomic E-state index is 0.548. The van der Waals surface area contributed by atoms with Gasteiger partial charge in [0.2, 0.25) is 5.95 Å². The van der Waals surface area contributed by atoms with Crippen LogP contribution in [-0.2, 0) is 0 Å². The van der Waals surface area contributed by atoms with Crippen molar-refractivity contribution in [2.75, 3.05) is 0 Å². The van der Waals surface area contributed by atoms with E-state index in [2.05, 4.69) is 100 Å². The second kappa shape index (κ2) is 10.7. The molecule has 6 heteroatoms. The molecule has 7 aromatic carbocycles. The zero-order chi connectivity index (χ0) is 33.5. The molecule has 0 aliphatic carbocycles. The Hall–Kier alpha value is -7.05. The third-order valence-corrected chi connectivity index (χ3v) is 9.97. The van der Waals surface area contributed by atoms with Crippen LogP contribution in [0.2, 0.25) is 0 Å². The van der Waals surface area contributed by atoms with Crippen molar-refractivity contribution >= 4 is 65.6 Å². The predicted octanol–water partition coefficient (Wildman–Crippen LogP) is 11.3. The SMILES string of the molecule is c1ccc(-c2nc(-c3ccccc3)nc(-n3c4ccc5oc6ccccc6c5c4c4ccc5c6ccccc6n(-c6ccccc6)c5c43)n2)cc1. The van der Waals surface area contributed by atoms with Gasteiger partial charge in [-0.05, 0) is 36.4 Å². The molecule has 0 amide bonds. The lowest BCUT2D eigenvalue weighted by Crippen LogP contribution is -2.07. The van der Waals surface area contributed by atoms with Crippen LogP contribution in [0, 0.1) is 0 Å². The van der Waals surface area contributed by atoms with Gasteiger partial charge in [0.15, 0.2) is 11.6 Å². The molecule has 238 valence electrons. The minimum Gasteiger partial charge on any atom is -0.456 e. The lowest BCUT2D eigenvalue weighted by atomic mass is 10.0. The highest BCUT2D eigenvalue weighted by Crippen LogP contribution is 2.45. The lowest BCUT2D eigenvalue weighted by Gasteiger charge is -2.13. The lowest BCUT2D eigenvalue weighted by molar-refractivity contribution is 0.669. The summed E-state index contributed by atoms with van der Waals surface area (Å²) in [7, 11) is 0. The maximum absolute atomic E-state index is 6.45. The van der Waals surface area contributed by atoms with Gasteiger partial charge in [0.1, 0.15) is 11.2 Å². The van der Waals surface area contributed by atoms with Crippen molar-refractivity contribution in [2.24, 2.45) is 0 Å².